The minimum Gasteiger partial charge on any atom is -0.348 e. The lowest BCUT2D eigenvalue weighted by Crippen LogP contribution is -2.39. The third kappa shape index (κ3) is 5.02. The second-order valence-electron chi connectivity index (χ2n) is 8.02. The zero-order chi connectivity index (χ0) is 21.6. The van der Waals surface area contributed by atoms with Crippen LogP contribution in [0.1, 0.15) is 52.9 Å². The number of fused-ring (bicyclic) bond motifs is 1. The fourth-order valence-electron chi connectivity index (χ4n) is 4.16. The molecule has 1 atom stereocenters. The van der Waals surface area contributed by atoms with Crippen LogP contribution in [0.5, 0.6) is 0 Å². The Kier molecular flexibility index (Phi) is 6.46. The van der Waals surface area contributed by atoms with Crippen LogP contribution in [0.2, 0.25) is 0 Å². The maximum atomic E-state index is 12.5. The highest BCUT2D eigenvalue weighted by Gasteiger charge is 2.21. The molecule has 0 unspecified atom stereocenters. The summed E-state index contributed by atoms with van der Waals surface area (Å²) in [6.45, 7) is 2.11. The largest absolute Gasteiger partial charge is 0.348 e. The van der Waals surface area contributed by atoms with Gasteiger partial charge in [-0.25, -0.2) is 0 Å². The van der Waals surface area contributed by atoms with Crippen LogP contribution in [0.4, 0.5) is 0 Å². The molecule has 2 amide bonds. The summed E-state index contributed by atoms with van der Waals surface area (Å²) in [4.78, 5) is 24.9. The van der Waals surface area contributed by atoms with Crippen molar-refractivity contribution < 1.29 is 9.59 Å². The van der Waals surface area contributed by atoms with Gasteiger partial charge in [-0.15, -0.1) is 0 Å². The van der Waals surface area contributed by atoms with Gasteiger partial charge in [-0.1, -0.05) is 67.6 Å². The first kappa shape index (κ1) is 20.9. The number of rotatable bonds is 6. The molecular formula is C27H28N2O2. The molecule has 4 heteroatoms. The molecule has 3 aromatic rings. The fourth-order valence-corrected chi connectivity index (χ4v) is 4.16. The summed E-state index contributed by atoms with van der Waals surface area (Å²) in [6.07, 6.45) is 4.05. The first-order valence-electron chi connectivity index (χ1n) is 11.0. The van der Waals surface area contributed by atoms with E-state index in [9.17, 15) is 9.59 Å². The summed E-state index contributed by atoms with van der Waals surface area (Å²) in [5.74, 6) is -0.408. The number of nitrogens with one attached hydrogen (secondary N) is 2. The van der Waals surface area contributed by atoms with Gasteiger partial charge in [0.1, 0.15) is 0 Å². The average Bonchev–Trinajstić information content (AvgIpc) is 2.83. The van der Waals surface area contributed by atoms with Crippen molar-refractivity contribution in [3.8, 4) is 11.1 Å². The van der Waals surface area contributed by atoms with E-state index in [0.717, 1.165) is 36.8 Å². The van der Waals surface area contributed by atoms with Crippen LogP contribution in [0, 0.1) is 0 Å². The molecule has 0 heterocycles. The summed E-state index contributed by atoms with van der Waals surface area (Å²) >= 11 is 0. The van der Waals surface area contributed by atoms with Gasteiger partial charge in [0.2, 0.25) is 5.91 Å². The Morgan fingerprint density at radius 2 is 1.58 bits per heavy atom. The van der Waals surface area contributed by atoms with Crippen LogP contribution in [-0.4, -0.2) is 18.4 Å². The van der Waals surface area contributed by atoms with Crippen molar-refractivity contribution >= 4 is 11.8 Å². The summed E-state index contributed by atoms with van der Waals surface area (Å²) in [5.41, 5.74) is 6.52. The molecule has 0 saturated heterocycles. The minimum atomic E-state index is -0.243. The van der Waals surface area contributed by atoms with E-state index in [-0.39, 0.29) is 24.4 Å². The first-order chi connectivity index (χ1) is 15.1. The molecule has 0 radical (unpaired) electrons. The van der Waals surface area contributed by atoms with Crippen molar-refractivity contribution in [3.63, 3.8) is 0 Å². The SMILES string of the molecule is CCc1ccc(-c2ccc(C(=O)NCC(=O)N[C@H]3CCCc4ccccc43)cc2)cc1. The van der Waals surface area contributed by atoms with E-state index in [0.29, 0.717) is 5.56 Å². The van der Waals surface area contributed by atoms with Crippen molar-refractivity contribution in [1.82, 2.24) is 10.6 Å². The first-order valence-corrected chi connectivity index (χ1v) is 11.0. The number of benzene rings is 3. The molecular weight excluding hydrogens is 384 g/mol. The Morgan fingerprint density at radius 3 is 2.29 bits per heavy atom. The highest BCUT2D eigenvalue weighted by atomic mass is 16.2. The molecule has 0 aromatic heterocycles. The molecule has 2 N–H and O–H groups in total. The number of hydrogen-bond acceptors (Lipinski definition) is 2. The van der Waals surface area contributed by atoms with E-state index in [1.54, 1.807) is 12.1 Å². The second-order valence-corrected chi connectivity index (χ2v) is 8.02. The summed E-state index contributed by atoms with van der Waals surface area (Å²) in [5, 5.41) is 5.80. The number of carbonyl (C=O) groups is 2. The average molecular weight is 413 g/mol. The van der Waals surface area contributed by atoms with E-state index in [1.165, 1.54) is 16.7 Å². The molecule has 4 rings (SSSR count). The van der Waals surface area contributed by atoms with E-state index in [2.05, 4.69) is 54.0 Å². The second kappa shape index (κ2) is 9.61. The molecule has 31 heavy (non-hydrogen) atoms. The molecule has 0 spiro atoms. The normalized spacial score (nSPS) is 15.1. The van der Waals surface area contributed by atoms with Gasteiger partial charge in [-0.3, -0.25) is 9.59 Å². The van der Waals surface area contributed by atoms with E-state index >= 15 is 0 Å². The number of carbonyl (C=O) groups excluding carboxylic acids is 2. The van der Waals surface area contributed by atoms with Crippen molar-refractivity contribution in [3.05, 3.63) is 95.1 Å². The summed E-state index contributed by atoms with van der Waals surface area (Å²) < 4.78 is 0. The maximum absolute atomic E-state index is 12.5. The predicted octanol–water partition coefficient (Wildman–Crippen LogP) is 4.84. The third-order valence-corrected chi connectivity index (χ3v) is 5.96. The smallest absolute Gasteiger partial charge is 0.251 e. The third-order valence-electron chi connectivity index (χ3n) is 5.96. The zero-order valence-electron chi connectivity index (χ0n) is 17.9. The monoisotopic (exact) mass is 412 g/mol. The van der Waals surface area contributed by atoms with Crippen molar-refractivity contribution in [2.24, 2.45) is 0 Å². The van der Waals surface area contributed by atoms with Crippen molar-refractivity contribution in [1.29, 1.82) is 0 Å². The number of amides is 2. The lowest BCUT2D eigenvalue weighted by molar-refractivity contribution is -0.121. The van der Waals surface area contributed by atoms with Crippen molar-refractivity contribution in [2.75, 3.05) is 6.54 Å². The van der Waals surface area contributed by atoms with Crippen LogP contribution in [0.15, 0.2) is 72.8 Å². The highest BCUT2D eigenvalue weighted by molar-refractivity contribution is 5.96. The van der Waals surface area contributed by atoms with E-state index in [4.69, 9.17) is 0 Å². The molecule has 0 fully saturated rings. The van der Waals surface area contributed by atoms with Gasteiger partial charge >= 0.3 is 0 Å². The van der Waals surface area contributed by atoms with Crippen LogP contribution in [0.3, 0.4) is 0 Å². The summed E-state index contributed by atoms with van der Waals surface area (Å²) in [7, 11) is 0. The Bertz CT molecular complexity index is 1060. The number of aryl methyl sites for hydroxylation is 2. The van der Waals surface area contributed by atoms with Gasteiger partial charge in [0.25, 0.3) is 5.91 Å². The van der Waals surface area contributed by atoms with Crippen LogP contribution < -0.4 is 10.6 Å². The van der Waals surface area contributed by atoms with E-state index in [1.807, 2.05) is 24.3 Å². The molecule has 4 nitrogen and oxygen atoms in total. The standard InChI is InChI=1S/C27H28N2O2/c1-2-19-10-12-20(13-11-19)21-14-16-23(17-15-21)27(31)28-18-26(30)29-25-9-5-7-22-6-3-4-8-24(22)25/h3-4,6,8,10-17,25H,2,5,7,9,18H2,1H3,(H,28,31)(H,29,30)/t25-/m0/s1. The maximum Gasteiger partial charge on any atom is 0.251 e. The Balaban J connectivity index is 1.32. The Morgan fingerprint density at radius 1 is 0.903 bits per heavy atom. The van der Waals surface area contributed by atoms with Crippen LogP contribution in [0.25, 0.3) is 11.1 Å². The van der Waals surface area contributed by atoms with Gasteiger partial charge in [0.15, 0.2) is 0 Å². The highest BCUT2D eigenvalue weighted by Crippen LogP contribution is 2.29. The molecule has 158 valence electrons. The summed E-state index contributed by atoms with van der Waals surface area (Å²) in [6, 6.07) is 24.2. The van der Waals surface area contributed by atoms with Gasteiger partial charge in [0.05, 0.1) is 12.6 Å². The van der Waals surface area contributed by atoms with Gasteiger partial charge < -0.3 is 10.6 Å². The van der Waals surface area contributed by atoms with Crippen LogP contribution >= 0.6 is 0 Å². The Labute approximate surface area is 183 Å². The topological polar surface area (TPSA) is 58.2 Å². The van der Waals surface area contributed by atoms with Crippen LogP contribution in [-0.2, 0) is 17.6 Å². The molecule has 0 saturated carbocycles. The Hall–Kier alpha value is -3.40. The lowest BCUT2D eigenvalue weighted by atomic mass is 9.88. The zero-order valence-corrected chi connectivity index (χ0v) is 17.9. The van der Waals surface area contributed by atoms with Gasteiger partial charge in [-0.2, -0.15) is 0 Å². The van der Waals surface area contributed by atoms with Gasteiger partial charge in [-0.05, 0) is 65.6 Å². The molecule has 3 aromatic carbocycles. The van der Waals surface area contributed by atoms with E-state index < -0.39 is 0 Å². The minimum absolute atomic E-state index is 0.0210. The number of hydrogen-bond donors (Lipinski definition) is 2. The molecule has 0 aliphatic heterocycles. The molecule has 1 aliphatic rings. The fraction of sp³-hybridized carbons (Fsp3) is 0.259. The van der Waals surface area contributed by atoms with Gasteiger partial charge in [0, 0.05) is 5.56 Å². The molecule has 1 aliphatic carbocycles. The van der Waals surface area contributed by atoms with Crippen molar-refractivity contribution in [2.45, 2.75) is 38.6 Å². The lowest BCUT2D eigenvalue weighted by Gasteiger charge is -2.26. The quantitative estimate of drug-likeness (QED) is 0.609. The molecule has 0 bridgehead atoms. The predicted molar refractivity (Wildman–Crippen MR) is 124 cm³/mol.